The molecule has 0 amide bonds. The second-order valence-corrected chi connectivity index (χ2v) is 2.99. The van der Waals surface area contributed by atoms with Gasteiger partial charge in [-0.15, -0.1) is 0 Å². The molecule has 0 aliphatic rings. The van der Waals surface area contributed by atoms with Crippen LogP contribution in [0.25, 0.3) is 0 Å². The van der Waals surface area contributed by atoms with Crippen LogP contribution in [0.2, 0.25) is 0 Å². The minimum absolute atomic E-state index is 0.225. The first-order chi connectivity index (χ1) is 6.34. The summed E-state index contributed by atoms with van der Waals surface area (Å²) in [6, 6.07) is 2.32. The van der Waals surface area contributed by atoms with E-state index >= 15 is 0 Å². The molecular weight excluding hydrogens is 198 g/mol. The van der Waals surface area contributed by atoms with Gasteiger partial charge in [0.05, 0.1) is 5.56 Å². The highest BCUT2D eigenvalue weighted by Gasteiger charge is 2.37. The molecule has 0 radical (unpaired) electrons. The highest BCUT2D eigenvalue weighted by molar-refractivity contribution is 5.33. The molecule has 0 bridgehead atoms. The van der Waals surface area contributed by atoms with E-state index in [1.54, 1.807) is 0 Å². The van der Waals surface area contributed by atoms with Gasteiger partial charge in [-0.05, 0) is 18.6 Å². The zero-order chi connectivity index (χ0) is 10.9. The van der Waals surface area contributed by atoms with Gasteiger partial charge in [0.2, 0.25) is 0 Å². The van der Waals surface area contributed by atoms with E-state index in [1.807, 2.05) is 0 Å². The van der Waals surface area contributed by atoms with Crippen LogP contribution in [-0.4, -0.2) is 0 Å². The van der Waals surface area contributed by atoms with Crippen LogP contribution in [0.1, 0.15) is 24.1 Å². The van der Waals surface area contributed by atoms with Gasteiger partial charge >= 0.3 is 6.18 Å². The molecule has 0 aromatic heterocycles. The van der Waals surface area contributed by atoms with E-state index in [0.717, 1.165) is 6.07 Å². The van der Waals surface area contributed by atoms with Gasteiger partial charge in [0.15, 0.2) is 0 Å². The van der Waals surface area contributed by atoms with Crippen molar-refractivity contribution in [1.29, 1.82) is 0 Å². The Labute approximate surface area is 78.5 Å². The fourth-order valence-corrected chi connectivity index (χ4v) is 1.22. The molecular formula is C9H9F4N. The molecule has 1 nitrogen and oxygen atoms in total. The Kier molecular flexibility index (Phi) is 2.80. The summed E-state index contributed by atoms with van der Waals surface area (Å²) in [6.45, 7) is 1.38. The molecule has 14 heavy (non-hydrogen) atoms. The summed E-state index contributed by atoms with van der Waals surface area (Å²) in [5, 5.41) is 0. The van der Waals surface area contributed by atoms with Gasteiger partial charge in [0.1, 0.15) is 5.82 Å². The largest absolute Gasteiger partial charge is 0.419 e. The Morgan fingerprint density at radius 2 is 1.86 bits per heavy atom. The third kappa shape index (κ3) is 2.04. The molecule has 0 saturated carbocycles. The summed E-state index contributed by atoms with van der Waals surface area (Å²) in [5.41, 5.74) is 3.82. The first kappa shape index (κ1) is 11.0. The quantitative estimate of drug-likeness (QED) is 0.704. The van der Waals surface area contributed by atoms with Gasteiger partial charge in [-0.25, -0.2) is 4.39 Å². The predicted molar refractivity (Wildman–Crippen MR) is 44.0 cm³/mol. The van der Waals surface area contributed by atoms with Crippen molar-refractivity contribution < 1.29 is 17.6 Å². The van der Waals surface area contributed by atoms with E-state index in [4.69, 9.17) is 5.73 Å². The second kappa shape index (κ2) is 3.57. The van der Waals surface area contributed by atoms with Crippen molar-refractivity contribution in [1.82, 2.24) is 0 Å². The second-order valence-electron chi connectivity index (χ2n) is 2.99. The minimum atomic E-state index is -4.70. The average molecular weight is 207 g/mol. The zero-order valence-corrected chi connectivity index (χ0v) is 7.40. The molecule has 5 heteroatoms. The standard InChI is InChI=1S/C9H9F4N/c1-5(14)6-3-2-4-7(10)8(6)9(11,12)13/h2-5H,14H2,1H3/t5-/m0/s1. The molecule has 78 valence electrons. The lowest BCUT2D eigenvalue weighted by Crippen LogP contribution is -2.17. The van der Waals surface area contributed by atoms with E-state index in [9.17, 15) is 17.6 Å². The van der Waals surface area contributed by atoms with E-state index in [2.05, 4.69) is 0 Å². The Balaban J connectivity index is 3.38. The van der Waals surface area contributed by atoms with Crippen LogP contribution in [0.3, 0.4) is 0 Å². The lowest BCUT2D eigenvalue weighted by Gasteiger charge is -2.15. The topological polar surface area (TPSA) is 26.0 Å². The van der Waals surface area contributed by atoms with E-state index < -0.39 is 23.6 Å². The molecule has 1 aromatic rings. The third-order valence-electron chi connectivity index (χ3n) is 1.82. The highest BCUT2D eigenvalue weighted by atomic mass is 19.4. The van der Waals surface area contributed by atoms with Crippen molar-refractivity contribution >= 4 is 0 Å². The van der Waals surface area contributed by atoms with Gasteiger partial charge in [-0.2, -0.15) is 13.2 Å². The van der Waals surface area contributed by atoms with Crippen molar-refractivity contribution in [2.24, 2.45) is 5.73 Å². The Morgan fingerprint density at radius 1 is 1.29 bits per heavy atom. The summed E-state index contributed by atoms with van der Waals surface area (Å²) in [4.78, 5) is 0. The van der Waals surface area contributed by atoms with Crippen LogP contribution in [0.5, 0.6) is 0 Å². The fraction of sp³-hybridized carbons (Fsp3) is 0.333. The van der Waals surface area contributed by atoms with Crippen molar-refractivity contribution in [3.8, 4) is 0 Å². The molecule has 1 aromatic carbocycles. The van der Waals surface area contributed by atoms with Crippen LogP contribution >= 0.6 is 0 Å². The minimum Gasteiger partial charge on any atom is -0.324 e. The van der Waals surface area contributed by atoms with Crippen molar-refractivity contribution in [3.63, 3.8) is 0 Å². The lowest BCUT2D eigenvalue weighted by molar-refractivity contribution is -0.140. The number of alkyl halides is 3. The summed E-state index contributed by atoms with van der Waals surface area (Å²) in [6.07, 6.45) is -4.70. The number of benzene rings is 1. The van der Waals surface area contributed by atoms with Crippen LogP contribution in [0.4, 0.5) is 17.6 Å². The normalized spacial score (nSPS) is 14.1. The van der Waals surface area contributed by atoms with Gasteiger partial charge in [0, 0.05) is 6.04 Å². The molecule has 0 aliphatic heterocycles. The van der Waals surface area contributed by atoms with Crippen LogP contribution in [0.15, 0.2) is 18.2 Å². The predicted octanol–water partition coefficient (Wildman–Crippen LogP) is 2.86. The van der Waals surface area contributed by atoms with Gasteiger partial charge in [-0.1, -0.05) is 12.1 Å². The molecule has 1 atom stereocenters. The number of hydrogen-bond donors (Lipinski definition) is 1. The van der Waals surface area contributed by atoms with E-state index in [1.165, 1.54) is 19.1 Å². The fourth-order valence-electron chi connectivity index (χ4n) is 1.22. The van der Waals surface area contributed by atoms with Gasteiger partial charge in [0.25, 0.3) is 0 Å². The number of nitrogens with two attached hydrogens (primary N) is 1. The average Bonchev–Trinajstić information content (AvgIpc) is 2.01. The van der Waals surface area contributed by atoms with Crippen LogP contribution in [0, 0.1) is 5.82 Å². The number of halogens is 4. The summed E-state index contributed by atoms with van der Waals surface area (Å²) in [5.74, 6) is -1.28. The zero-order valence-electron chi connectivity index (χ0n) is 7.40. The SMILES string of the molecule is C[C@H](N)c1cccc(F)c1C(F)(F)F. The Bertz CT molecular complexity index is 330. The number of hydrogen-bond acceptors (Lipinski definition) is 1. The van der Waals surface area contributed by atoms with Crippen molar-refractivity contribution in [2.45, 2.75) is 19.1 Å². The summed E-state index contributed by atoms with van der Waals surface area (Å²) >= 11 is 0. The summed E-state index contributed by atoms with van der Waals surface area (Å²) in [7, 11) is 0. The molecule has 0 heterocycles. The summed E-state index contributed by atoms with van der Waals surface area (Å²) < 4.78 is 50.1. The monoisotopic (exact) mass is 207 g/mol. The molecule has 0 unspecified atom stereocenters. The van der Waals surface area contributed by atoms with E-state index in [0.29, 0.717) is 0 Å². The molecule has 0 spiro atoms. The lowest BCUT2D eigenvalue weighted by atomic mass is 10.0. The maximum absolute atomic E-state index is 12.9. The maximum atomic E-state index is 12.9. The first-order valence-corrected chi connectivity index (χ1v) is 3.95. The maximum Gasteiger partial charge on any atom is 0.419 e. The molecule has 0 saturated heterocycles. The third-order valence-corrected chi connectivity index (χ3v) is 1.82. The first-order valence-electron chi connectivity index (χ1n) is 3.95. The Hall–Kier alpha value is -1.10. The molecule has 1 rings (SSSR count). The van der Waals surface area contributed by atoms with Gasteiger partial charge < -0.3 is 5.73 Å². The van der Waals surface area contributed by atoms with Crippen LogP contribution < -0.4 is 5.73 Å². The molecule has 0 aliphatic carbocycles. The Morgan fingerprint density at radius 3 is 2.21 bits per heavy atom. The number of rotatable bonds is 1. The van der Waals surface area contributed by atoms with Gasteiger partial charge in [-0.3, -0.25) is 0 Å². The molecule has 0 fully saturated rings. The molecule has 2 N–H and O–H groups in total. The smallest absolute Gasteiger partial charge is 0.324 e. The van der Waals surface area contributed by atoms with E-state index in [-0.39, 0.29) is 5.56 Å². The van der Waals surface area contributed by atoms with Crippen molar-refractivity contribution in [2.75, 3.05) is 0 Å². The van der Waals surface area contributed by atoms with Crippen molar-refractivity contribution in [3.05, 3.63) is 35.1 Å². The highest BCUT2D eigenvalue weighted by Crippen LogP contribution is 2.35. The van der Waals surface area contributed by atoms with Crippen LogP contribution in [-0.2, 0) is 6.18 Å².